The summed E-state index contributed by atoms with van der Waals surface area (Å²) in [7, 11) is 0. The van der Waals surface area contributed by atoms with Crippen LogP contribution in [0.3, 0.4) is 0 Å². The monoisotopic (exact) mass is 420 g/mol. The minimum absolute atomic E-state index is 0.0305. The number of carboxylic acid groups (broad SMARTS) is 1. The van der Waals surface area contributed by atoms with Gasteiger partial charge in [-0.05, 0) is 60.6 Å². The molecule has 6 heteroatoms. The highest BCUT2D eigenvalue weighted by Crippen LogP contribution is 2.22. The van der Waals surface area contributed by atoms with Crippen molar-refractivity contribution in [2.75, 3.05) is 13.1 Å². The van der Waals surface area contributed by atoms with Crippen molar-refractivity contribution in [3.05, 3.63) is 70.8 Å². The molecule has 4 N–H and O–H groups in total. The second kappa shape index (κ2) is 10.8. The summed E-state index contributed by atoms with van der Waals surface area (Å²) in [6, 6.07) is 14.8. The molecule has 0 bridgehead atoms. The van der Waals surface area contributed by atoms with Crippen LogP contribution in [0.4, 0.5) is 0 Å². The van der Waals surface area contributed by atoms with Gasteiger partial charge in [0.1, 0.15) is 0 Å². The zero-order valence-corrected chi connectivity index (χ0v) is 17.5. The van der Waals surface area contributed by atoms with E-state index in [1.54, 1.807) is 4.90 Å². The van der Waals surface area contributed by atoms with Crippen LogP contribution in [0.2, 0.25) is 0 Å². The van der Waals surface area contributed by atoms with Crippen molar-refractivity contribution in [3.63, 3.8) is 0 Å². The number of carbonyl (C=O) groups is 2. The maximum Gasteiger partial charge on any atom is 0.305 e. The number of carboxylic acids is 1. The summed E-state index contributed by atoms with van der Waals surface area (Å²) in [5, 5.41) is 17.9. The summed E-state index contributed by atoms with van der Waals surface area (Å²) in [5.74, 6) is 5.46. The molecule has 0 aromatic heterocycles. The van der Waals surface area contributed by atoms with E-state index in [-0.39, 0.29) is 18.9 Å². The number of piperidine rings is 1. The number of aliphatic carboxylic acids is 1. The van der Waals surface area contributed by atoms with E-state index in [9.17, 15) is 9.59 Å². The minimum Gasteiger partial charge on any atom is -0.481 e. The van der Waals surface area contributed by atoms with Crippen molar-refractivity contribution in [2.24, 2.45) is 11.7 Å². The van der Waals surface area contributed by atoms with E-state index >= 15 is 0 Å². The van der Waals surface area contributed by atoms with Gasteiger partial charge in [-0.1, -0.05) is 36.1 Å². The topological polar surface area (TPSA) is 104 Å². The fourth-order valence-corrected chi connectivity index (χ4v) is 3.76. The number of carbonyl (C=O) groups excluding carboxylic acids is 1. The molecule has 2 aromatic rings. The van der Waals surface area contributed by atoms with E-state index in [1.165, 1.54) is 5.56 Å². The number of benzene rings is 2. The highest BCUT2D eigenvalue weighted by atomic mass is 16.4. The summed E-state index contributed by atoms with van der Waals surface area (Å²) in [4.78, 5) is 24.7. The lowest BCUT2D eigenvalue weighted by Gasteiger charge is -2.33. The summed E-state index contributed by atoms with van der Waals surface area (Å²) < 4.78 is 0. The van der Waals surface area contributed by atoms with Crippen LogP contribution in [0.1, 0.15) is 41.5 Å². The Morgan fingerprint density at radius 1 is 0.968 bits per heavy atom. The van der Waals surface area contributed by atoms with Gasteiger partial charge in [0.2, 0.25) is 5.91 Å². The quantitative estimate of drug-likeness (QED) is 0.622. The molecule has 162 valence electrons. The lowest BCUT2D eigenvalue weighted by Crippen LogP contribution is -2.48. The summed E-state index contributed by atoms with van der Waals surface area (Å²) in [6.07, 6.45) is 2.38. The van der Waals surface area contributed by atoms with Gasteiger partial charge in [-0.3, -0.25) is 9.59 Å². The third-order valence-electron chi connectivity index (χ3n) is 5.60. The normalized spacial score (nSPS) is 15.1. The van der Waals surface area contributed by atoms with Crippen molar-refractivity contribution in [2.45, 2.75) is 38.3 Å². The smallest absolute Gasteiger partial charge is 0.305 e. The number of aliphatic hydroxyl groups excluding tert-OH is 1. The third kappa shape index (κ3) is 6.68. The molecule has 6 nitrogen and oxygen atoms in total. The van der Waals surface area contributed by atoms with E-state index in [1.807, 2.05) is 36.4 Å². The number of aliphatic hydroxyl groups is 1. The Morgan fingerprint density at radius 2 is 1.48 bits per heavy atom. The van der Waals surface area contributed by atoms with E-state index in [2.05, 4.69) is 24.0 Å². The van der Waals surface area contributed by atoms with Crippen LogP contribution >= 0.6 is 0 Å². The predicted octanol–water partition coefficient (Wildman–Crippen LogP) is 2.16. The van der Waals surface area contributed by atoms with Crippen molar-refractivity contribution in [1.29, 1.82) is 0 Å². The molecule has 1 heterocycles. The van der Waals surface area contributed by atoms with Gasteiger partial charge in [-0.2, -0.15) is 0 Å². The maximum atomic E-state index is 12.2. The molecule has 3 rings (SSSR count). The first-order chi connectivity index (χ1) is 14.9. The van der Waals surface area contributed by atoms with Crippen LogP contribution in [0.15, 0.2) is 48.5 Å². The highest BCUT2D eigenvalue weighted by molar-refractivity contribution is 5.86. The predicted molar refractivity (Wildman–Crippen MR) is 118 cm³/mol. The Labute approximate surface area is 182 Å². The van der Waals surface area contributed by atoms with E-state index in [0.717, 1.165) is 36.0 Å². The molecule has 1 amide bonds. The Morgan fingerprint density at radius 3 is 1.97 bits per heavy atom. The number of nitrogens with zero attached hydrogens (tertiary/aromatic N) is 1. The standard InChI is InChI=1S/C25H28N2O4/c26-23(16-24(29)30)25(31)27-13-11-21(12-14-27)15-20-7-3-18(4-8-20)1-2-19-5-9-22(17-28)10-6-19/h3-10,21,23,28H,11-17,26H2,(H,29,30). The van der Waals surface area contributed by atoms with Gasteiger partial charge in [0, 0.05) is 24.2 Å². The van der Waals surface area contributed by atoms with Crippen LogP contribution in [-0.4, -0.2) is 46.1 Å². The van der Waals surface area contributed by atoms with Gasteiger partial charge in [-0.15, -0.1) is 0 Å². The fourth-order valence-electron chi connectivity index (χ4n) is 3.76. The van der Waals surface area contributed by atoms with Crippen LogP contribution in [0.5, 0.6) is 0 Å². The van der Waals surface area contributed by atoms with Gasteiger partial charge in [0.05, 0.1) is 19.1 Å². The molecule has 1 unspecified atom stereocenters. The molecule has 0 radical (unpaired) electrons. The Bertz CT molecular complexity index is 950. The first-order valence-corrected chi connectivity index (χ1v) is 10.5. The van der Waals surface area contributed by atoms with Crippen LogP contribution in [0.25, 0.3) is 0 Å². The largest absolute Gasteiger partial charge is 0.481 e. The molecule has 0 spiro atoms. The number of nitrogens with two attached hydrogens (primary N) is 1. The van der Waals surface area contributed by atoms with Gasteiger partial charge < -0.3 is 20.8 Å². The van der Waals surface area contributed by atoms with E-state index in [0.29, 0.717) is 19.0 Å². The second-order valence-corrected chi connectivity index (χ2v) is 7.98. The molecule has 31 heavy (non-hydrogen) atoms. The van der Waals surface area contributed by atoms with Crippen molar-refractivity contribution >= 4 is 11.9 Å². The maximum absolute atomic E-state index is 12.2. The second-order valence-electron chi connectivity index (χ2n) is 7.98. The van der Waals surface area contributed by atoms with Crippen LogP contribution < -0.4 is 5.73 Å². The molecular formula is C25H28N2O4. The summed E-state index contributed by atoms with van der Waals surface area (Å²) in [5.41, 5.74) is 9.67. The molecule has 0 saturated carbocycles. The number of hydrogen-bond donors (Lipinski definition) is 3. The summed E-state index contributed by atoms with van der Waals surface area (Å²) in [6.45, 7) is 1.27. The Hall–Kier alpha value is -3.14. The number of rotatable bonds is 6. The molecular weight excluding hydrogens is 392 g/mol. The Balaban J connectivity index is 1.49. The molecule has 1 aliphatic heterocycles. The summed E-state index contributed by atoms with van der Waals surface area (Å²) >= 11 is 0. The van der Waals surface area contributed by atoms with E-state index in [4.69, 9.17) is 15.9 Å². The van der Waals surface area contributed by atoms with Crippen molar-refractivity contribution in [3.8, 4) is 11.8 Å². The third-order valence-corrected chi connectivity index (χ3v) is 5.60. The first kappa shape index (κ1) is 22.5. The van der Waals surface area contributed by atoms with Gasteiger partial charge >= 0.3 is 5.97 Å². The van der Waals surface area contributed by atoms with Crippen LogP contribution in [0, 0.1) is 17.8 Å². The molecule has 2 aromatic carbocycles. The minimum atomic E-state index is -1.05. The first-order valence-electron chi connectivity index (χ1n) is 10.5. The van der Waals surface area contributed by atoms with Crippen LogP contribution in [-0.2, 0) is 22.6 Å². The number of amides is 1. The molecule has 1 saturated heterocycles. The van der Waals surface area contributed by atoms with Gasteiger partial charge in [0.15, 0.2) is 0 Å². The molecule has 1 atom stereocenters. The van der Waals surface area contributed by atoms with Gasteiger partial charge in [-0.25, -0.2) is 0 Å². The lowest BCUT2D eigenvalue weighted by molar-refractivity contribution is -0.142. The van der Waals surface area contributed by atoms with Crippen molar-refractivity contribution < 1.29 is 19.8 Å². The molecule has 0 aliphatic carbocycles. The fraction of sp³-hybridized carbons (Fsp3) is 0.360. The molecule has 1 aliphatic rings. The van der Waals surface area contributed by atoms with Crippen molar-refractivity contribution in [1.82, 2.24) is 4.90 Å². The van der Waals surface area contributed by atoms with Gasteiger partial charge in [0.25, 0.3) is 0 Å². The SMILES string of the molecule is NC(CC(=O)O)C(=O)N1CCC(Cc2ccc(C#Cc3ccc(CO)cc3)cc2)CC1. The zero-order valence-electron chi connectivity index (χ0n) is 17.5. The number of likely N-dealkylation sites (tertiary alicyclic amines) is 1. The Kier molecular flexibility index (Phi) is 7.82. The average Bonchev–Trinajstić information content (AvgIpc) is 2.78. The molecule has 1 fully saturated rings. The average molecular weight is 421 g/mol. The zero-order chi connectivity index (χ0) is 22.2. The van der Waals surface area contributed by atoms with E-state index < -0.39 is 12.0 Å². The number of hydrogen-bond acceptors (Lipinski definition) is 4. The highest BCUT2D eigenvalue weighted by Gasteiger charge is 2.27. The lowest BCUT2D eigenvalue weighted by atomic mass is 9.89.